The van der Waals surface area contributed by atoms with Crippen molar-refractivity contribution >= 4 is 13.7 Å². The van der Waals surface area contributed by atoms with E-state index in [9.17, 15) is 19.4 Å². The van der Waals surface area contributed by atoms with Crippen molar-refractivity contribution < 1.29 is 32.9 Å². The zero-order valence-electron chi connectivity index (χ0n) is 36.2. The van der Waals surface area contributed by atoms with Crippen molar-refractivity contribution in [2.45, 2.75) is 219 Å². The summed E-state index contributed by atoms with van der Waals surface area (Å²) >= 11 is 0. The van der Waals surface area contributed by atoms with Gasteiger partial charge in [-0.25, -0.2) is 4.57 Å². The second-order valence-electron chi connectivity index (χ2n) is 16.8. The lowest BCUT2D eigenvalue weighted by atomic mass is 10.0. The van der Waals surface area contributed by atoms with E-state index in [1.807, 2.05) is 34.1 Å². The summed E-state index contributed by atoms with van der Waals surface area (Å²) in [4.78, 5) is 22.8. The molecule has 0 aromatic carbocycles. The Labute approximate surface area is 334 Å². The summed E-state index contributed by atoms with van der Waals surface area (Å²) < 4.78 is 23.2. The number of nitrogens with zero attached hydrogens (tertiary/aromatic N) is 1. The molecule has 54 heavy (non-hydrogen) atoms. The Morgan fingerprint density at radius 1 is 0.611 bits per heavy atom. The van der Waals surface area contributed by atoms with Crippen LogP contribution in [0.25, 0.3) is 0 Å². The zero-order chi connectivity index (χ0) is 40.0. The maximum Gasteiger partial charge on any atom is 0.472 e. The topological polar surface area (TPSA) is 105 Å². The Morgan fingerprint density at radius 2 is 1.04 bits per heavy atom. The number of aliphatic hydroxyl groups excluding tert-OH is 1. The summed E-state index contributed by atoms with van der Waals surface area (Å²) in [5.74, 6) is -0.187. The number of likely N-dealkylation sites (N-methyl/N-ethyl adjacent to an activating group) is 1. The molecule has 0 spiro atoms. The molecule has 320 valence electrons. The number of phosphoric ester groups is 1. The van der Waals surface area contributed by atoms with Crippen LogP contribution in [-0.2, 0) is 18.4 Å². The van der Waals surface area contributed by atoms with Gasteiger partial charge >= 0.3 is 7.82 Å². The Morgan fingerprint density at radius 3 is 1.46 bits per heavy atom. The highest BCUT2D eigenvalue weighted by Gasteiger charge is 2.27. The summed E-state index contributed by atoms with van der Waals surface area (Å²) in [5, 5.41) is 13.5. The van der Waals surface area contributed by atoms with Gasteiger partial charge in [0.1, 0.15) is 13.2 Å². The number of hydrogen-bond acceptors (Lipinski definition) is 5. The number of amides is 1. The zero-order valence-corrected chi connectivity index (χ0v) is 37.1. The van der Waals surface area contributed by atoms with Crippen LogP contribution in [0.1, 0.15) is 206 Å². The fourth-order valence-corrected chi connectivity index (χ4v) is 7.25. The van der Waals surface area contributed by atoms with Gasteiger partial charge in [0, 0.05) is 6.42 Å². The smallest absolute Gasteiger partial charge is 0.387 e. The predicted octanol–water partition coefficient (Wildman–Crippen LogP) is 12.5. The van der Waals surface area contributed by atoms with E-state index in [0.29, 0.717) is 17.4 Å². The summed E-state index contributed by atoms with van der Waals surface area (Å²) in [6.07, 6.45) is 45.0. The number of hydrogen-bond donors (Lipinski definition) is 3. The molecule has 9 heteroatoms. The minimum atomic E-state index is -4.31. The van der Waals surface area contributed by atoms with Crippen LogP contribution in [0.3, 0.4) is 0 Å². The van der Waals surface area contributed by atoms with E-state index in [-0.39, 0.29) is 19.1 Å². The summed E-state index contributed by atoms with van der Waals surface area (Å²) in [6.45, 7) is 4.60. The number of nitrogens with one attached hydrogen (secondary N) is 1. The average Bonchev–Trinajstić information content (AvgIpc) is 3.12. The van der Waals surface area contributed by atoms with Crippen molar-refractivity contribution in [2.75, 3.05) is 40.9 Å². The molecule has 0 aliphatic rings. The van der Waals surface area contributed by atoms with Gasteiger partial charge in [0.05, 0.1) is 39.9 Å². The predicted molar refractivity (Wildman–Crippen MR) is 231 cm³/mol. The van der Waals surface area contributed by atoms with E-state index in [0.717, 1.165) is 32.1 Å². The van der Waals surface area contributed by atoms with Crippen LogP contribution in [0.5, 0.6) is 0 Å². The normalized spacial score (nSPS) is 14.6. The third kappa shape index (κ3) is 39.2. The molecule has 0 heterocycles. The molecular weight excluding hydrogens is 695 g/mol. The van der Waals surface area contributed by atoms with E-state index in [4.69, 9.17) is 9.05 Å². The van der Waals surface area contributed by atoms with Crippen LogP contribution in [0.4, 0.5) is 0 Å². The van der Waals surface area contributed by atoms with Crippen LogP contribution < -0.4 is 5.32 Å². The van der Waals surface area contributed by atoms with Gasteiger partial charge in [-0.05, 0) is 38.5 Å². The molecule has 3 N–H and O–H groups in total. The molecule has 0 radical (unpaired) electrons. The fourth-order valence-electron chi connectivity index (χ4n) is 6.51. The van der Waals surface area contributed by atoms with Crippen LogP contribution in [0, 0.1) is 0 Å². The quantitative estimate of drug-likeness (QED) is 0.0247. The van der Waals surface area contributed by atoms with Gasteiger partial charge in [-0.3, -0.25) is 13.8 Å². The first kappa shape index (κ1) is 53.0. The second kappa shape index (κ2) is 37.6. The largest absolute Gasteiger partial charge is 0.472 e. The Bertz CT molecular complexity index is 938. The van der Waals surface area contributed by atoms with Crippen molar-refractivity contribution in [3.05, 3.63) is 24.3 Å². The summed E-state index contributed by atoms with van der Waals surface area (Å²) in [6, 6.07) is -0.838. The van der Waals surface area contributed by atoms with Crippen molar-refractivity contribution in [3.8, 4) is 0 Å². The molecule has 0 aliphatic carbocycles. The molecule has 0 saturated carbocycles. The van der Waals surface area contributed by atoms with Gasteiger partial charge < -0.3 is 19.8 Å². The average molecular weight is 786 g/mol. The van der Waals surface area contributed by atoms with Crippen LogP contribution >= 0.6 is 7.82 Å². The number of unbranched alkanes of at least 4 members (excludes halogenated alkanes) is 26. The van der Waals surface area contributed by atoms with Crippen molar-refractivity contribution in [2.24, 2.45) is 0 Å². The van der Waals surface area contributed by atoms with Gasteiger partial charge in [0.2, 0.25) is 5.91 Å². The van der Waals surface area contributed by atoms with E-state index < -0.39 is 20.0 Å². The lowest BCUT2D eigenvalue weighted by Crippen LogP contribution is -2.45. The number of phosphoric acid groups is 1. The molecule has 0 aliphatic heterocycles. The first-order valence-electron chi connectivity index (χ1n) is 22.7. The highest BCUT2D eigenvalue weighted by atomic mass is 31.2. The van der Waals surface area contributed by atoms with Crippen molar-refractivity contribution in [1.29, 1.82) is 0 Å². The third-order valence-electron chi connectivity index (χ3n) is 10.1. The van der Waals surface area contributed by atoms with Crippen LogP contribution in [-0.4, -0.2) is 73.4 Å². The minimum Gasteiger partial charge on any atom is -0.387 e. The highest BCUT2D eigenvalue weighted by molar-refractivity contribution is 7.47. The molecule has 0 aromatic rings. The van der Waals surface area contributed by atoms with Crippen LogP contribution in [0.2, 0.25) is 0 Å². The van der Waals surface area contributed by atoms with Gasteiger partial charge in [0.15, 0.2) is 0 Å². The Hall–Kier alpha value is -1.02. The van der Waals surface area contributed by atoms with E-state index in [1.54, 1.807) is 6.08 Å². The third-order valence-corrected chi connectivity index (χ3v) is 11.1. The lowest BCUT2D eigenvalue weighted by molar-refractivity contribution is -0.870. The number of quaternary nitrogens is 1. The lowest BCUT2D eigenvalue weighted by Gasteiger charge is -2.25. The molecule has 0 rings (SSSR count). The molecule has 0 bridgehead atoms. The molecule has 0 aromatic heterocycles. The number of allylic oxidation sites excluding steroid dienone is 3. The summed E-state index contributed by atoms with van der Waals surface area (Å²) in [7, 11) is 1.57. The summed E-state index contributed by atoms with van der Waals surface area (Å²) in [5.41, 5.74) is 0. The SMILES string of the molecule is CCC/C=C/C(O)C(COP(=O)(O)OCC[N+](C)(C)C)NC(=O)CCCCCCCCCCCCCCCCCCC/C=C\CCCCCCCCCC. The fraction of sp³-hybridized carbons (Fsp3) is 0.889. The Kier molecular flexibility index (Phi) is 36.8. The maximum atomic E-state index is 12.7. The Balaban J connectivity index is 3.77. The van der Waals surface area contributed by atoms with Crippen molar-refractivity contribution in [1.82, 2.24) is 5.32 Å². The number of carbonyl (C=O) groups excluding carboxylic acids is 1. The number of rotatable bonds is 41. The molecule has 3 unspecified atom stereocenters. The number of carbonyl (C=O) groups is 1. The van der Waals surface area contributed by atoms with E-state index in [1.165, 1.54) is 154 Å². The molecule has 0 fully saturated rings. The van der Waals surface area contributed by atoms with E-state index >= 15 is 0 Å². The molecule has 0 saturated heterocycles. The standard InChI is InChI=1S/C45H89N2O6P/c1-6-8-10-11-12-13-14-15-16-17-18-19-20-21-22-23-24-25-26-27-28-29-30-31-32-33-34-35-37-39-45(49)46-43(44(48)38-36-9-7-2)42-53-54(50,51)52-41-40-47(3,4)5/h17-18,36,38,43-44,48H,6-16,19-35,37,39-42H2,1-5H3,(H-,46,49,50,51)/p+1/b18-17-,38-36+. The van der Waals surface area contributed by atoms with Gasteiger partial charge in [-0.15, -0.1) is 0 Å². The first-order chi connectivity index (χ1) is 26.0. The minimum absolute atomic E-state index is 0.0612. The highest BCUT2D eigenvalue weighted by Crippen LogP contribution is 2.43. The van der Waals surface area contributed by atoms with Crippen molar-refractivity contribution in [3.63, 3.8) is 0 Å². The van der Waals surface area contributed by atoms with Crippen LogP contribution in [0.15, 0.2) is 24.3 Å². The first-order valence-corrected chi connectivity index (χ1v) is 24.2. The van der Waals surface area contributed by atoms with Gasteiger partial charge in [0.25, 0.3) is 0 Å². The van der Waals surface area contributed by atoms with Gasteiger partial charge in [-0.2, -0.15) is 0 Å². The molecule has 1 amide bonds. The van der Waals surface area contributed by atoms with Gasteiger partial charge in [-0.1, -0.05) is 186 Å². The second-order valence-corrected chi connectivity index (χ2v) is 18.2. The maximum absolute atomic E-state index is 12.7. The molecular formula is C45H90N2O6P+. The monoisotopic (exact) mass is 786 g/mol. The molecule has 3 atom stereocenters. The van der Waals surface area contributed by atoms with E-state index in [2.05, 4.69) is 24.4 Å². The molecule has 8 nitrogen and oxygen atoms in total. The number of aliphatic hydroxyl groups is 1.